The minimum atomic E-state index is -0.138. The maximum atomic E-state index is 13.0. The number of unbranched alkanes of at least 4 members (excludes halogenated alkanes) is 1. The van der Waals surface area contributed by atoms with Crippen LogP contribution in [0.1, 0.15) is 43.5 Å². The van der Waals surface area contributed by atoms with Crippen molar-refractivity contribution in [3.8, 4) is 0 Å². The molecule has 6 heteroatoms. The number of carbonyl (C=O) groups excluding carboxylic acids is 2. The fraction of sp³-hybridized carbons (Fsp3) is 0.500. The predicted octanol–water partition coefficient (Wildman–Crippen LogP) is 3.07. The van der Waals surface area contributed by atoms with Gasteiger partial charge in [-0.05, 0) is 43.9 Å². The Morgan fingerprint density at radius 1 is 1.19 bits per heavy atom. The number of fused-ring (bicyclic) bond motifs is 1. The highest BCUT2D eigenvalue weighted by atomic mass is 16.5. The Bertz CT molecular complexity index is 793. The molecule has 26 heavy (non-hydrogen) atoms. The van der Waals surface area contributed by atoms with E-state index >= 15 is 0 Å². The van der Waals surface area contributed by atoms with E-state index in [1.165, 1.54) is 0 Å². The number of aromatic nitrogens is 2. The summed E-state index contributed by atoms with van der Waals surface area (Å²) in [6, 6.07) is 5.42. The van der Waals surface area contributed by atoms with Crippen LogP contribution in [0.4, 0.5) is 0 Å². The maximum Gasteiger partial charge on any atom is 0.309 e. The van der Waals surface area contributed by atoms with Gasteiger partial charge in [-0.15, -0.1) is 0 Å². The Hall–Kier alpha value is -2.50. The molecule has 138 valence electrons. The van der Waals surface area contributed by atoms with Crippen molar-refractivity contribution in [1.29, 1.82) is 0 Å². The van der Waals surface area contributed by atoms with E-state index in [4.69, 9.17) is 4.74 Å². The van der Waals surface area contributed by atoms with Crippen molar-refractivity contribution in [2.45, 2.75) is 33.1 Å². The van der Waals surface area contributed by atoms with Crippen molar-refractivity contribution in [2.75, 3.05) is 19.7 Å². The molecule has 0 aliphatic heterocycles. The van der Waals surface area contributed by atoms with Gasteiger partial charge in [-0.25, -0.2) is 0 Å². The number of esters is 1. The van der Waals surface area contributed by atoms with Crippen molar-refractivity contribution < 1.29 is 14.3 Å². The van der Waals surface area contributed by atoms with E-state index in [9.17, 15) is 9.59 Å². The molecule has 3 rings (SSSR count). The van der Waals surface area contributed by atoms with Gasteiger partial charge in [0.05, 0.1) is 23.6 Å². The van der Waals surface area contributed by atoms with E-state index in [1.54, 1.807) is 24.5 Å². The maximum absolute atomic E-state index is 13.0. The topological polar surface area (TPSA) is 72.4 Å². The van der Waals surface area contributed by atoms with Crippen molar-refractivity contribution in [2.24, 2.45) is 11.8 Å². The second-order valence-electron chi connectivity index (χ2n) is 6.72. The summed E-state index contributed by atoms with van der Waals surface area (Å²) in [6.07, 6.45) is 6.02. The number of ether oxygens (including phenoxy) is 1. The smallest absolute Gasteiger partial charge is 0.309 e. The van der Waals surface area contributed by atoms with Crippen LogP contribution >= 0.6 is 0 Å². The lowest BCUT2D eigenvalue weighted by Crippen LogP contribution is -2.34. The van der Waals surface area contributed by atoms with Gasteiger partial charge in [0.2, 0.25) is 0 Å². The second-order valence-corrected chi connectivity index (χ2v) is 6.72. The molecule has 1 fully saturated rings. The van der Waals surface area contributed by atoms with E-state index in [0.29, 0.717) is 30.8 Å². The van der Waals surface area contributed by atoms with Crippen LogP contribution in [0, 0.1) is 11.8 Å². The van der Waals surface area contributed by atoms with E-state index in [0.717, 1.165) is 24.8 Å². The lowest BCUT2D eigenvalue weighted by Gasteiger charge is -2.23. The molecule has 1 heterocycles. The van der Waals surface area contributed by atoms with Gasteiger partial charge in [-0.2, -0.15) is 0 Å². The van der Waals surface area contributed by atoms with Crippen LogP contribution in [-0.2, 0) is 9.53 Å². The fourth-order valence-electron chi connectivity index (χ4n) is 3.17. The number of rotatable bonds is 8. The Kier molecular flexibility index (Phi) is 5.81. The van der Waals surface area contributed by atoms with Crippen LogP contribution in [-0.4, -0.2) is 46.4 Å². The molecule has 0 radical (unpaired) electrons. The van der Waals surface area contributed by atoms with Gasteiger partial charge in [-0.1, -0.05) is 13.3 Å². The Labute approximate surface area is 153 Å². The van der Waals surface area contributed by atoms with E-state index in [2.05, 4.69) is 16.9 Å². The summed E-state index contributed by atoms with van der Waals surface area (Å²) < 4.78 is 5.09. The molecule has 6 nitrogen and oxygen atoms in total. The fourth-order valence-corrected chi connectivity index (χ4v) is 3.17. The number of benzene rings is 1. The van der Waals surface area contributed by atoms with Crippen LogP contribution in [0.5, 0.6) is 0 Å². The number of hydrogen-bond acceptors (Lipinski definition) is 5. The van der Waals surface area contributed by atoms with Crippen LogP contribution < -0.4 is 0 Å². The lowest BCUT2D eigenvalue weighted by molar-refractivity contribution is -0.145. The van der Waals surface area contributed by atoms with Crippen molar-refractivity contribution >= 4 is 22.9 Å². The summed E-state index contributed by atoms with van der Waals surface area (Å²) in [5.74, 6) is -0.00803. The molecule has 2 aromatic rings. The van der Waals surface area contributed by atoms with E-state index < -0.39 is 0 Å². The molecule has 2 atom stereocenters. The molecule has 1 aliphatic rings. The predicted molar refractivity (Wildman–Crippen MR) is 98.6 cm³/mol. The first-order valence-corrected chi connectivity index (χ1v) is 9.30. The molecule has 0 spiro atoms. The summed E-state index contributed by atoms with van der Waals surface area (Å²) in [5.41, 5.74) is 2.10. The van der Waals surface area contributed by atoms with Crippen LogP contribution in [0.3, 0.4) is 0 Å². The second kappa shape index (κ2) is 8.25. The zero-order chi connectivity index (χ0) is 18.5. The van der Waals surface area contributed by atoms with Crippen molar-refractivity contribution in [1.82, 2.24) is 14.9 Å². The minimum Gasteiger partial charge on any atom is -0.466 e. The molecule has 1 aromatic carbocycles. The summed E-state index contributed by atoms with van der Waals surface area (Å²) in [4.78, 5) is 35.3. The SMILES string of the molecule is CCCCN(C[C@H]1C[C@H]1C(=O)OCC)C(=O)c1ccc2nccnc2c1. The molecule has 1 aliphatic carbocycles. The Morgan fingerprint density at radius 2 is 1.96 bits per heavy atom. The summed E-state index contributed by atoms with van der Waals surface area (Å²) in [5, 5.41) is 0. The summed E-state index contributed by atoms with van der Waals surface area (Å²) in [6.45, 7) is 5.61. The Balaban J connectivity index is 1.71. The number of hydrogen-bond donors (Lipinski definition) is 0. The molecule has 0 bridgehead atoms. The molecule has 0 saturated heterocycles. The molecule has 1 saturated carbocycles. The monoisotopic (exact) mass is 355 g/mol. The van der Waals surface area contributed by atoms with Gasteiger partial charge >= 0.3 is 5.97 Å². The van der Waals surface area contributed by atoms with Gasteiger partial charge in [-0.3, -0.25) is 19.6 Å². The van der Waals surface area contributed by atoms with Crippen LogP contribution in [0.25, 0.3) is 11.0 Å². The van der Waals surface area contributed by atoms with Gasteiger partial charge in [0.25, 0.3) is 5.91 Å². The van der Waals surface area contributed by atoms with E-state index in [1.807, 2.05) is 17.9 Å². The number of amides is 1. The number of nitrogens with zero attached hydrogens (tertiary/aromatic N) is 3. The lowest BCUT2D eigenvalue weighted by atomic mass is 10.1. The van der Waals surface area contributed by atoms with Gasteiger partial charge in [0.15, 0.2) is 0 Å². The van der Waals surface area contributed by atoms with Crippen LogP contribution in [0.15, 0.2) is 30.6 Å². The van der Waals surface area contributed by atoms with Gasteiger partial charge < -0.3 is 9.64 Å². The highest BCUT2D eigenvalue weighted by Gasteiger charge is 2.45. The average molecular weight is 355 g/mol. The first kappa shape index (κ1) is 18.3. The first-order valence-electron chi connectivity index (χ1n) is 9.30. The molecular formula is C20H25N3O3. The molecule has 1 aromatic heterocycles. The summed E-state index contributed by atoms with van der Waals surface area (Å²) >= 11 is 0. The molecular weight excluding hydrogens is 330 g/mol. The van der Waals surface area contributed by atoms with Gasteiger partial charge in [0, 0.05) is 31.0 Å². The van der Waals surface area contributed by atoms with E-state index in [-0.39, 0.29) is 23.7 Å². The van der Waals surface area contributed by atoms with Gasteiger partial charge in [0.1, 0.15) is 0 Å². The standard InChI is InChI=1S/C20H25N3O3/c1-3-5-10-23(13-15-11-16(15)20(25)26-4-2)19(24)14-6-7-17-18(12-14)22-9-8-21-17/h6-9,12,15-16H,3-5,10-11,13H2,1-2H3/t15-,16-/m1/s1. The largest absolute Gasteiger partial charge is 0.466 e. The third kappa shape index (κ3) is 4.18. The molecule has 0 N–H and O–H groups in total. The number of carbonyl (C=O) groups is 2. The Morgan fingerprint density at radius 3 is 2.69 bits per heavy atom. The summed E-state index contributed by atoms with van der Waals surface area (Å²) in [7, 11) is 0. The molecule has 1 amide bonds. The minimum absolute atomic E-state index is 0.0134. The normalized spacial score (nSPS) is 18.5. The highest BCUT2D eigenvalue weighted by molar-refractivity contribution is 5.97. The zero-order valence-electron chi connectivity index (χ0n) is 15.4. The van der Waals surface area contributed by atoms with Crippen molar-refractivity contribution in [3.05, 3.63) is 36.2 Å². The zero-order valence-corrected chi connectivity index (χ0v) is 15.4. The third-order valence-corrected chi connectivity index (χ3v) is 4.75. The van der Waals surface area contributed by atoms with Crippen LogP contribution in [0.2, 0.25) is 0 Å². The highest BCUT2D eigenvalue weighted by Crippen LogP contribution is 2.40. The first-order chi connectivity index (χ1) is 12.6. The quantitative estimate of drug-likeness (QED) is 0.681. The van der Waals surface area contributed by atoms with Crippen molar-refractivity contribution in [3.63, 3.8) is 0 Å². The molecule has 0 unspecified atom stereocenters. The third-order valence-electron chi connectivity index (χ3n) is 4.75. The average Bonchev–Trinajstić information content (AvgIpc) is 3.43.